The predicted octanol–water partition coefficient (Wildman–Crippen LogP) is 5.47. The Labute approximate surface area is 178 Å². The number of hydrogen-bond donors (Lipinski definition) is 2. The summed E-state index contributed by atoms with van der Waals surface area (Å²) in [5.74, 6) is 0.226. The molecule has 2 heterocycles. The molecular formula is C26H29N3O. The monoisotopic (exact) mass is 399 g/mol. The van der Waals surface area contributed by atoms with Crippen LogP contribution in [0.3, 0.4) is 0 Å². The molecule has 3 aromatic rings. The number of carbonyl (C=O) groups is 1. The van der Waals surface area contributed by atoms with Crippen molar-refractivity contribution >= 4 is 11.6 Å². The van der Waals surface area contributed by atoms with Crippen LogP contribution in [0.5, 0.6) is 0 Å². The maximum atomic E-state index is 13.1. The summed E-state index contributed by atoms with van der Waals surface area (Å²) in [5.41, 5.74) is 7.04. The topological polar surface area (TPSA) is 54.0 Å². The molecule has 0 radical (unpaired) electrons. The Morgan fingerprint density at radius 3 is 2.73 bits per heavy atom. The molecule has 1 saturated heterocycles. The van der Waals surface area contributed by atoms with E-state index in [-0.39, 0.29) is 5.91 Å². The van der Waals surface area contributed by atoms with Crippen LogP contribution in [0, 0.1) is 13.8 Å². The van der Waals surface area contributed by atoms with E-state index >= 15 is 0 Å². The van der Waals surface area contributed by atoms with Gasteiger partial charge in [0.05, 0.1) is 11.4 Å². The third kappa shape index (κ3) is 4.60. The highest BCUT2D eigenvalue weighted by atomic mass is 16.1. The summed E-state index contributed by atoms with van der Waals surface area (Å²) >= 11 is 0. The lowest BCUT2D eigenvalue weighted by molar-refractivity contribution is 0.102. The molecule has 1 atom stereocenters. The van der Waals surface area contributed by atoms with Gasteiger partial charge in [0.1, 0.15) is 0 Å². The Bertz CT molecular complexity index is 1020. The molecule has 0 aliphatic carbocycles. The molecule has 1 unspecified atom stereocenters. The maximum absolute atomic E-state index is 13.1. The average Bonchev–Trinajstić information content (AvgIpc) is 3.05. The fourth-order valence-corrected chi connectivity index (χ4v) is 4.10. The zero-order valence-corrected chi connectivity index (χ0v) is 17.7. The van der Waals surface area contributed by atoms with Crippen molar-refractivity contribution in [2.24, 2.45) is 0 Å². The molecule has 0 spiro atoms. The van der Waals surface area contributed by atoms with Crippen LogP contribution >= 0.6 is 0 Å². The first-order valence-corrected chi connectivity index (χ1v) is 10.8. The lowest BCUT2D eigenvalue weighted by atomic mass is 9.96. The van der Waals surface area contributed by atoms with Crippen molar-refractivity contribution in [1.29, 1.82) is 0 Å². The fraction of sp³-hybridized carbons (Fsp3) is 0.308. The molecule has 1 aliphatic heterocycles. The van der Waals surface area contributed by atoms with E-state index in [9.17, 15) is 4.79 Å². The van der Waals surface area contributed by atoms with Gasteiger partial charge in [0.25, 0.3) is 5.91 Å². The van der Waals surface area contributed by atoms with E-state index in [0.29, 0.717) is 11.5 Å². The zero-order valence-electron chi connectivity index (χ0n) is 17.7. The molecule has 2 N–H and O–H groups in total. The molecule has 4 nitrogen and oxygen atoms in total. The summed E-state index contributed by atoms with van der Waals surface area (Å²) in [5, 5.41) is 6.61. The highest BCUT2D eigenvalue weighted by Gasteiger charge is 2.20. The normalized spacial score (nSPS) is 16.7. The Balaban J connectivity index is 1.59. The lowest BCUT2D eigenvalue weighted by Crippen LogP contribution is -2.22. The molecule has 1 aromatic heterocycles. The van der Waals surface area contributed by atoms with E-state index in [0.717, 1.165) is 47.6 Å². The standard InChI is InChI=1S/C26H29N3O/c1-18-8-11-20(12-9-18)23-16-21(13-10-19(23)2)26(30)29-24-7-5-15-28-25(24)22-6-3-4-14-27-17-22/h5,7-13,15-16,22,27H,3-4,6,14,17H2,1-2H3,(H,29,30). The fourth-order valence-electron chi connectivity index (χ4n) is 4.10. The van der Waals surface area contributed by atoms with Crippen molar-refractivity contribution in [2.45, 2.75) is 39.0 Å². The van der Waals surface area contributed by atoms with Gasteiger partial charge < -0.3 is 10.6 Å². The molecule has 30 heavy (non-hydrogen) atoms. The van der Waals surface area contributed by atoms with Crippen LogP contribution in [0.25, 0.3) is 11.1 Å². The molecule has 1 fully saturated rings. The molecule has 1 amide bonds. The van der Waals surface area contributed by atoms with E-state index in [1.807, 2.05) is 36.5 Å². The summed E-state index contributed by atoms with van der Waals surface area (Å²) in [4.78, 5) is 17.7. The Hall–Kier alpha value is -2.98. The molecule has 4 rings (SSSR count). The highest BCUT2D eigenvalue weighted by molar-refractivity contribution is 6.05. The number of aryl methyl sites for hydroxylation is 2. The van der Waals surface area contributed by atoms with Gasteiger partial charge >= 0.3 is 0 Å². The van der Waals surface area contributed by atoms with Gasteiger partial charge in [-0.1, -0.05) is 42.3 Å². The van der Waals surface area contributed by atoms with Gasteiger partial charge in [-0.15, -0.1) is 0 Å². The third-order valence-corrected chi connectivity index (χ3v) is 5.88. The minimum atomic E-state index is -0.0980. The second-order valence-corrected chi connectivity index (χ2v) is 8.18. The van der Waals surface area contributed by atoms with Gasteiger partial charge in [-0.2, -0.15) is 0 Å². The van der Waals surface area contributed by atoms with Gasteiger partial charge in [0, 0.05) is 24.2 Å². The van der Waals surface area contributed by atoms with Gasteiger partial charge in [-0.05, 0) is 74.2 Å². The average molecular weight is 400 g/mol. The van der Waals surface area contributed by atoms with Crippen molar-refractivity contribution in [3.05, 3.63) is 83.2 Å². The van der Waals surface area contributed by atoms with E-state index in [1.165, 1.54) is 18.4 Å². The number of nitrogens with zero attached hydrogens (tertiary/aromatic N) is 1. The van der Waals surface area contributed by atoms with Crippen LogP contribution < -0.4 is 10.6 Å². The van der Waals surface area contributed by atoms with Crippen LogP contribution in [0.2, 0.25) is 0 Å². The minimum Gasteiger partial charge on any atom is -0.320 e. The molecule has 2 aromatic carbocycles. The number of rotatable bonds is 4. The zero-order chi connectivity index (χ0) is 20.9. The van der Waals surface area contributed by atoms with Crippen molar-refractivity contribution < 1.29 is 4.79 Å². The Kier molecular flexibility index (Phi) is 6.24. The van der Waals surface area contributed by atoms with Crippen LogP contribution in [-0.4, -0.2) is 24.0 Å². The highest BCUT2D eigenvalue weighted by Crippen LogP contribution is 2.29. The lowest BCUT2D eigenvalue weighted by Gasteiger charge is -2.18. The number of hydrogen-bond acceptors (Lipinski definition) is 3. The summed E-state index contributed by atoms with van der Waals surface area (Å²) < 4.78 is 0. The SMILES string of the molecule is Cc1ccc(-c2cc(C(=O)Nc3cccnc3C3CCCCNC3)ccc2C)cc1. The number of carbonyl (C=O) groups excluding carboxylic acids is 1. The number of anilines is 1. The maximum Gasteiger partial charge on any atom is 0.255 e. The molecular weight excluding hydrogens is 370 g/mol. The van der Waals surface area contributed by atoms with Gasteiger partial charge in [-0.3, -0.25) is 9.78 Å². The van der Waals surface area contributed by atoms with Crippen LogP contribution in [0.15, 0.2) is 60.8 Å². The first-order chi connectivity index (χ1) is 14.6. The second-order valence-electron chi connectivity index (χ2n) is 8.18. The summed E-state index contributed by atoms with van der Waals surface area (Å²) in [7, 11) is 0. The van der Waals surface area contributed by atoms with Crippen molar-refractivity contribution in [3.8, 4) is 11.1 Å². The van der Waals surface area contributed by atoms with E-state index < -0.39 is 0 Å². The Morgan fingerprint density at radius 1 is 1.07 bits per heavy atom. The van der Waals surface area contributed by atoms with E-state index in [4.69, 9.17) is 0 Å². The number of nitrogens with one attached hydrogen (secondary N) is 2. The molecule has 154 valence electrons. The first-order valence-electron chi connectivity index (χ1n) is 10.8. The van der Waals surface area contributed by atoms with Crippen molar-refractivity contribution in [2.75, 3.05) is 18.4 Å². The summed E-state index contributed by atoms with van der Waals surface area (Å²) in [6, 6.07) is 18.2. The minimum absolute atomic E-state index is 0.0980. The number of benzene rings is 2. The van der Waals surface area contributed by atoms with Gasteiger partial charge in [0.2, 0.25) is 0 Å². The number of aromatic nitrogens is 1. The van der Waals surface area contributed by atoms with Crippen LogP contribution in [0.1, 0.15) is 52.4 Å². The molecule has 1 aliphatic rings. The number of amides is 1. The quantitative estimate of drug-likeness (QED) is 0.611. The predicted molar refractivity (Wildman–Crippen MR) is 123 cm³/mol. The van der Waals surface area contributed by atoms with Gasteiger partial charge in [0.15, 0.2) is 0 Å². The molecule has 4 heteroatoms. The smallest absolute Gasteiger partial charge is 0.255 e. The molecule has 0 saturated carbocycles. The van der Waals surface area contributed by atoms with Crippen LogP contribution in [-0.2, 0) is 0 Å². The van der Waals surface area contributed by atoms with Crippen molar-refractivity contribution in [1.82, 2.24) is 10.3 Å². The summed E-state index contributed by atoms with van der Waals surface area (Å²) in [6.07, 6.45) is 5.28. The first kappa shape index (κ1) is 20.3. The number of pyridine rings is 1. The summed E-state index contributed by atoms with van der Waals surface area (Å²) in [6.45, 7) is 6.11. The van der Waals surface area contributed by atoms with Crippen molar-refractivity contribution in [3.63, 3.8) is 0 Å². The third-order valence-electron chi connectivity index (χ3n) is 5.88. The Morgan fingerprint density at radius 2 is 1.90 bits per heavy atom. The van der Waals surface area contributed by atoms with E-state index in [1.54, 1.807) is 0 Å². The van der Waals surface area contributed by atoms with E-state index in [2.05, 4.69) is 53.7 Å². The van der Waals surface area contributed by atoms with Gasteiger partial charge in [-0.25, -0.2) is 0 Å². The van der Waals surface area contributed by atoms with Crippen LogP contribution in [0.4, 0.5) is 5.69 Å². The second kappa shape index (κ2) is 9.23. The molecule has 0 bridgehead atoms. The largest absolute Gasteiger partial charge is 0.320 e.